The summed E-state index contributed by atoms with van der Waals surface area (Å²) in [5.41, 5.74) is 5.94. The number of carboxylic acid groups (broad SMARTS) is 1. The lowest BCUT2D eigenvalue weighted by atomic mass is 10.1. The van der Waals surface area contributed by atoms with Gasteiger partial charge < -0.3 is 34.8 Å². The lowest BCUT2D eigenvalue weighted by molar-refractivity contribution is 0.0940. The number of ether oxygens (including phenoxy) is 1. The summed E-state index contributed by atoms with van der Waals surface area (Å²) >= 11 is 0. The molecule has 234 valence electrons. The Morgan fingerprint density at radius 2 is 1.82 bits per heavy atom. The molecule has 4 heterocycles. The molecular formula is C32H35FN8O4. The maximum atomic E-state index is 13.6. The molecule has 2 aromatic heterocycles. The number of anilines is 4. The highest BCUT2D eigenvalue weighted by molar-refractivity contribution is 5.94. The predicted molar refractivity (Wildman–Crippen MR) is 168 cm³/mol. The van der Waals surface area contributed by atoms with Gasteiger partial charge in [-0.25, -0.2) is 18.7 Å². The van der Waals surface area contributed by atoms with Crippen LogP contribution in [-0.4, -0.2) is 95.7 Å². The van der Waals surface area contributed by atoms with E-state index in [2.05, 4.69) is 37.1 Å². The highest BCUT2D eigenvalue weighted by Crippen LogP contribution is 2.40. The van der Waals surface area contributed by atoms with Crippen molar-refractivity contribution in [3.63, 3.8) is 0 Å². The van der Waals surface area contributed by atoms with Crippen LogP contribution in [0.5, 0.6) is 5.75 Å². The molecule has 0 spiro atoms. The molecule has 2 fully saturated rings. The molecule has 0 radical (unpaired) electrons. The van der Waals surface area contributed by atoms with Crippen molar-refractivity contribution < 1.29 is 23.8 Å². The maximum Gasteiger partial charge on any atom is 0.407 e. The Balaban J connectivity index is 1.24. The smallest absolute Gasteiger partial charge is 0.407 e. The predicted octanol–water partition coefficient (Wildman–Crippen LogP) is 3.71. The van der Waals surface area contributed by atoms with Crippen LogP contribution < -0.4 is 24.8 Å². The summed E-state index contributed by atoms with van der Waals surface area (Å²) in [6.45, 7) is 3.43. The molecule has 45 heavy (non-hydrogen) atoms. The van der Waals surface area contributed by atoms with Gasteiger partial charge in [0.25, 0.3) is 5.91 Å². The van der Waals surface area contributed by atoms with E-state index in [1.165, 1.54) is 16.7 Å². The number of aromatic nitrogens is 3. The number of fused-ring (bicyclic) bond motifs is 2. The normalized spacial score (nSPS) is 19.0. The molecule has 2 amide bonds. The number of imidazole rings is 1. The monoisotopic (exact) mass is 614 g/mol. The van der Waals surface area contributed by atoms with Crippen LogP contribution in [0.3, 0.4) is 0 Å². The minimum Gasteiger partial charge on any atom is -0.497 e. The molecule has 0 bridgehead atoms. The number of amides is 2. The molecule has 4 aromatic rings. The van der Waals surface area contributed by atoms with E-state index in [9.17, 15) is 19.1 Å². The first-order chi connectivity index (χ1) is 21.8. The molecule has 2 N–H and O–H groups in total. The van der Waals surface area contributed by atoms with Gasteiger partial charge in [0.2, 0.25) is 0 Å². The number of carbonyl (C=O) groups is 2. The van der Waals surface area contributed by atoms with Crippen molar-refractivity contribution in [2.75, 3.05) is 61.6 Å². The topological polar surface area (TPSA) is 119 Å². The van der Waals surface area contributed by atoms with Gasteiger partial charge in [0.1, 0.15) is 11.9 Å². The minimum absolute atomic E-state index is 0.245. The van der Waals surface area contributed by atoms with Gasteiger partial charge in [-0.1, -0.05) is 18.2 Å². The molecule has 1 aliphatic carbocycles. The van der Waals surface area contributed by atoms with Crippen molar-refractivity contribution >= 4 is 40.5 Å². The third-order valence-corrected chi connectivity index (χ3v) is 8.86. The van der Waals surface area contributed by atoms with E-state index >= 15 is 0 Å². The van der Waals surface area contributed by atoms with Crippen molar-refractivity contribution in [2.45, 2.75) is 31.6 Å². The number of halogens is 1. The minimum atomic E-state index is -1.02. The van der Waals surface area contributed by atoms with Crippen molar-refractivity contribution in [2.24, 2.45) is 0 Å². The lowest BCUT2D eigenvalue weighted by Crippen LogP contribution is -2.48. The second-order valence-electron chi connectivity index (χ2n) is 11.7. The fourth-order valence-electron chi connectivity index (χ4n) is 6.24. The summed E-state index contributed by atoms with van der Waals surface area (Å²) < 4.78 is 20.5. The average Bonchev–Trinajstić information content (AvgIpc) is 3.40. The number of alkyl halides is 1. The number of nitrogens with zero attached hydrogens (tertiary/aromatic N) is 7. The Hall–Kier alpha value is -5.07. The average molecular weight is 615 g/mol. The number of carbonyl (C=O) groups excluding carboxylic acids is 1. The van der Waals surface area contributed by atoms with Crippen LogP contribution >= 0.6 is 0 Å². The van der Waals surface area contributed by atoms with Gasteiger partial charge in [0, 0.05) is 75.7 Å². The summed E-state index contributed by atoms with van der Waals surface area (Å²) in [5.74, 6) is 1.03. The molecule has 1 saturated heterocycles. The zero-order valence-electron chi connectivity index (χ0n) is 25.2. The number of rotatable bonds is 8. The molecule has 2 atom stereocenters. The van der Waals surface area contributed by atoms with Gasteiger partial charge in [-0.2, -0.15) is 0 Å². The molecule has 1 saturated carbocycles. The molecule has 2 aliphatic heterocycles. The van der Waals surface area contributed by atoms with E-state index in [4.69, 9.17) is 9.84 Å². The summed E-state index contributed by atoms with van der Waals surface area (Å²) in [6.07, 6.45) is 0.690. The van der Waals surface area contributed by atoms with Crippen molar-refractivity contribution in [1.82, 2.24) is 24.8 Å². The highest BCUT2D eigenvalue weighted by atomic mass is 19.1. The van der Waals surface area contributed by atoms with Gasteiger partial charge in [0.05, 0.1) is 25.0 Å². The van der Waals surface area contributed by atoms with Crippen molar-refractivity contribution in [1.29, 1.82) is 0 Å². The van der Waals surface area contributed by atoms with E-state index in [1.807, 2.05) is 43.4 Å². The van der Waals surface area contributed by atoms with Gasteiger partial charge in [-0.15, -0.1) is 5.10 Å². The first kappa shape index (κ1) is 28.7. The number of hydrogen-bond acceptors (Lipinski definition) is 8. The van der Waals surface area contributed by atoms with Gasteiger partial charge in [-0.3, -0.25) is 4.79 Å². The number of piperazine rings is 1. The van der Waals surface area contributed by atoms with Crippen LogP contribution in [0.2, 0.25) is 0 Å². The van der Waals surface area contributed by atoms with Crippen molar-refractivity contribution in [3.8, 4) is 5.75 Å². The van der Waals surface area contributed by atoms with E-state index in [0.29, 0.717) is 57.2 Å². The summed E-state index contributed by atoms with van der Waals surface area (Å²) in [6, 6.07) is 15.6. The third kappa shape index (κ3) is 5.42. The third-order valence-electron chi connectivity index (χ3n) is 8.86. The van der Waals surface area contributed by atoms with E-state index in [1.54, 1.807) is 11.6 Å². The zero-order chi connectivity index (χ0) is 31.2. The number of hydrogen-bond donors (Lipinski definition) is 2. The second-order valence-corrected chi connectivity index (χ2v) is 11.7. The van der Waals surface area contributed by atoms with E-state index < -0.39 is 24.2 Å². The maximum absolute atomic E-state index is 13.6. The van der Waals surface area contributed by atoms with Gasteiger partial charge >= 0.3 is 6.09 Å². The largest absolute Gasteiger partial charge is 0.497 e. The molecule has 13 heteroatoms. The van der Waals surface area contributed by atoms with Crippen LogP contribution in [0.1, 0.15) is 28.0 Å². The summed E-state index contributed by atoms with van der Waals surface area (Å²) in [4.78, 5) is 37.2. The Morgan fingerprint density at radius 3 is 2.51 bits per heavy atom. The first-order valence-corrected chi connectivity index (χ1v) is 15.1. The van der Waals surface area contributed by atoms with Gasteiger partial charge in [0.15, 0.2) is 17.2 Å². The highest BCUT2D eigenvalue weighted by Gasteiger charge is 2.39. The lowest BCUT2D eigenvalue weighted by Gasteiger charge is -2.35. The van der Waals surface area contributed by atoms with E-state index in [-0.39, 0.29) is 5.69 Å². The fourth-order valence-corrected chi connectivity index (χ4v) is 6.24. The second kappa shape index (κ2) is 11.5. The Kier molecular flexibility index (Phi) is 7.30. The first-order valence-electron chi connectivity index (χ1n) is 15.1. The van der Waals surface area contributed by atoms with Crippen LogP contribution in [0.15, 0.2) is 54.7 Å². The van der Waals surface area contributed by atoms with Crippen LogP contribution in [0.25, 0.3) is 5.65 Å². The molecule has 3 aliphatic rings. The van der Waals surface area contributed by atoms with E-state index in [0.717, 1.165) is 34.8 Å². The Labute approximate surface area is 259 Å². The number of nitrogens with one attached hydrogen (secondary N) is 1. The fraction of sp³-hybridized carbons (Fsp3) is 0.375. The zero-order valence-corrected chi connectivity index (χ0v) is 25.2. The Bertz CT molecular complexity index is 1750. The summed E-state index contributed by atoms with van der Waals surface area (Å²) in [5, 5.41) is 17.1. The molecule has 2 aromatic carbocycles. The molecular weight excluding hydrogens is 579 g/mol. The quantitative estimate of drug-likeness (QED) is 0.306. The summed E-state index contributed by atoms with van der Waals surface area (Å²) in [7, 11) is 3.61. The van der Waals surface area contributed by atoms with Crippen LogP contribution in [-0.2, 0) is 13.0 Å². The SMILES string of the molecule is COc1ccc(CN(C)c2cc(N3CCc4c(N5CCN(C(=O)O)CC5)cccc43)nn3c(C(=O)N[C@@H]4C[C@@H]4F)cnc23)cc1. The van der Waals surface area contributed by atoms with Crippen LogP contribution in [0.4, 0.5) is 32.1 Å². The number of benzene rings is 2. The van der Waals surface area contributed by atoms with Crippen molar-refractivity contribution in [3.05, 3.63) is 71.5 Å². The standard InChI is InChI=1S/C32H35FN8O4/c1-37(19-20-6-8-21(45-2)9-7-20)27-17-29(36-41-28(18-34-30(27)41)31(42)35-24-16-23(24)33)40-11-10-22-25(4-3-5-26(22)40)38-12-14-39(15-13-38)32(43)44/h3-9,17-18,23-24H,10-16,19H2,1-2H3,(H,35,42)(H,43,44)/t23-,24+/m0/s1. The van der Waals surface area contributed by atoms with Crippen LogP contribution in [0, 0.1) is 0 Å². The number of methoxy groups -OCH3 is 1. The molecule has 12 nitrogen and oxygen atoms in total. The van der Waals surface area contributed by atoms with Gasteiger partial charge in [-0.05, 0) is 36.2 Å². The molecule has 0 unspecified atom stereocenters. The Morgan fingerprint density at radius 1 is 1.09 bits per heavy atom. The molecule has 7 rings (SSSR count).